The number of ether oxygens (including phenoxy) is 2. The normalized spacial score (nSPS) is 11.5. The number of hydrogen-bond acceptors (Lipinski definition) is 4. The minimum absolute atomic E-state index is 0.0781. The number of methoxy groups -OCH3 is 1. The second kappa shape index (κ2) is 10.3. The smallest absolute Gasteiger partial charge is 0.261 e. The van der Waals surface area contributed by atoms with E-state index in [4.69, 9.17) is 9.47 Å². The largest absolute Gasteiger partial charge is 0.497 e. The van der Waals surface area contributed by atoms with Crippen LogP contribution in [0.2, 0.25) is 0 Å². The molecule has 0 saturated heterocycles. The molecule has 0 radical (unpaired) electrons. The monoisotopic (exact) mass is 356 g/mol. The fourth-order valence-corrected chi connectivity index (χ4v) is 2.59. The molecule has 0 heterocycles. The molecule has 26 heavy (non-hydrogen) atoms. The van der Waals surface area contributed by atoms with Gasteiger partial charge in [0.25, 0.3) is 5.91 Å². The molecule has 140 valence electrons. The summed E-state index contributed by atoms with van der Waals surface area (Å²) in [5.41, 5.74) is 1.17. The first kappa shape index (κ1) is 19.6. The Morgan fingerprint density at radius 3 is 2.35 bits per heavy atom. The number of nitrogens with zero attached hydrogens (tertiary/aromatic N) is 1. The van der Waals surface area contributed by atoms with Gasteiger partial charge in [-0.1, -0.05) is 25.1 Å². The highest BCUT2D eigenvalue weighted by atomic mass is 16.5. The average molecular weight is 356 g/mol. The Morgan fingerprint density at radius 2 is 1.73 bits per heavy atom. The number of hydrogen-bond donors (Lipinski definition) is 1. The van der Waals surface area contributed by atoms with Crippen LogP contribution in [0.15, 0.2) is 54.6 Å². The Morgan fingerprint density at radius 1 is 1.08 bits per heavy atom. The number of rotatable bonds is 10. The lowest BCUT2D eigenvalue weighted by molar-refractivity contribution is -0.128. The van der Waals surface area contributed by atoms with Crippen molar-refractivity contribution in [3.05, 3.63) is 54.6 Å². The lowest BCUT2D eigenvalue weighted by atomic mass is 10.2. The number of carbonyl (C=O) groups is 1. The number of nitrogens with one attached hydrogen (secondary N) is 1. The van der Waals surface area contributed by atoms with Crippen molar-refractivity contribution in [2.45, 2.75) is 25.9 Å². The Kier molecular flexibility index (Phi) is 7.80. The van der Waals surface area contributed by atoms with Crippen molar-refractivity contribution in [2.75, 3.05) is 32.1 Å². The molecule has 1 unspecified atom stereocenters. The zero-order valence-corrected chi connectivity index (χ0v) is 15.8. The van der Waals surface area contributed by atoms with Crippen molar-refractivity contribution in [1.29, 1.82) is 0 Å². The zero-order chi connectivity index (χ0) is 18.8. The Hall–Kier alpha value is -2.69. The van der Waals surface area contributed by atoms with Crippen LogP contribution in [0.25, 0.3) is 0 Å². The summed E-state index contributed by atoms with van der Waals surface area (Å²) >= 11 is 0. The van der Waals surface area contributed by atoms with Crippen molar-refractivity contribution >= 4 is 11.6 Å². The molecule has 2 rings (SSSR count). The maximum atomic E-state index is 12.3. The molecule has 0 bridgehead atoms. The van der Waals surface area contributed by atoms with Gasteiger partial charge < -0.3 is 19.7 Å². The van der Waals surface area contributed by atoms with Gasteiger partial charge in [0.2, 0.25) is 0 Å². The number of benzene rings is 2. The molecular formula is C21H28N2O3. The van der Waals surface area contributed by atoms with E-state index in [1.807, 2.05) is 49.4 Å². The van der Waals surface area contributed by atoms with Gasteiger partial charge in [0, 0.05) is 25.8 Å². The molecule has 0 aliphatic heterocycles. The van der Waals surface area contributed by atoms with E-state index in [0.717, 1.165) is 18.7 Å². The van der Waals surface area contributed by atoms with Gasteiger partial charge in [-0.25, -0.2) is 0 Å². The van der Waals surface area contributed by atoms with Gasteiger partial charge in [0.15, 0.2) is 6.10 Å². The Balaban J connectivity index is 1.74. The van der Waals surface area contributed by atoms with E-state index in [-0.39, 0.29) is 5.91 Å². The maximum absolute atomic E-state index is 12.3. The number of carbonyl (C=O) groups excluding carboxylic acids is 1. The summed E-state index contributed by atoms with van der Waals surface area (Å²) in [4.78, 5) is 14.5. The Bertz CT molecular complexity index is 659. The predicted octanol–water partition coefficient (Wildman–Crippen LogP) is 3.50. The first-order valence-corrected chi connectivity index (χ1v) is 8.98. The summed E-state index contributed by atoms with van der Waals surface area (Å²) < 4.78 is 10.9. The van der Waals surface area contributed by atoms with Crippen LogP contribution in [0.4, 0.5) is 5.69 Å². The second-order valence-electron chi connectivity index (χ2n) is 6.09. The topological polar surface area (TPSA) is 50.8 Å². The number of anilines is 1. The fourth-order valence-electron chi connectivity index (χ4n) is 2.59. The summed E-state index contributed by atoms with van der Waals surface area (Å²) in [7, 11) is 3.67. The molecule has 2 aromatic rings. The standard InChI is InChI=1S/C21H28N2O3/c1-4-20(26-19-13-11-18(25-3)12-14-19)21(24)22-15-8-16-23(2)17-9-6-5-7-10-17/h5-7,9-14,20H,4,8,15-16H2,1-3H3,(H,22,24). The highest BCUT2D eigenvalue weighted by Crippen LogP contribution is 2.19. The fraction of sp³-hybridized carbons (Fsp3) is 0.381. The SMILES string of the molecule is CCC(Oc1ccc(OC)cc1)C(=O)NCCCN(C)c1ccccc1. The van der Waals surface area contributed by atoms with E-state index in [1.165, 1.54) is 5.69 Å². The molecule has 5 nitrogen and oxygen atoms in total. The molecule has 0 saturated carbocycles. The Labute approximate surface area is 155 Å². The van der Waals surface area contributed by atoms with Gasteiger partial charge in [-0.15, -0.1) is 0 Å². The third kappa shape index (κ3) is 5.99. The van der Waals surface area contributed by atoms with E-state index < -0.39 is 6.10 Å². The zero-order valence-electron chi connectivity index (χ0n) is 15.8. The highest BCUT2D eigenvalue weighted by molar-refractivity contribution is 5.81. The van der Waals surface area contributed by atoms with Crippen molar-refractivity contribution in [3.8, 4) is 11.5 Å². The van der Waals surface area contributed by atoms with Gasteiger partial charge in [-0.2, -0.15) is 0 Å². The van der Waals surface area contributed by atoms with Crippen molar-refractivity contribution in [1.82, 2.24) is 5.32 Å². The number of para-hydroxylation sites is 1. The maximum Gasteiger partial charge on any atom is 0.261 e. The third-order valence-corrected chi connectivity index (χ3v) is 4.17. The van der Waals surface area contributed by atoms with E-state index in [1.54, 1.807) is 7.11 Å². The number of amides is 1. The van der Waals surface area contributed by atoms with Crippen LogP contribution in [0.5, 0.6) is 11.5 Å². The van der Waals surface area contributed by atoms with Gasteiger partial charge in [-0.05, 0) is 49.2 Å². The van der Waals surface area contributed by atoms with Gasteiger partial charge in [0.1, 0.15) is 11.5 Å². The van der Waals surface area contributed by atoms with Crippen molar-refractivity contribution in [3.63, 3.8) is 0 Å². The first-order chi connectivity index (χ1) is 12.6. The van der Waals surface area contributed by atoms with Gasteiger partial charge >= 0.3 is 0 Å². The molecule has 1 amide bonds. The summed E-state index contributed by atoms with van der Waals surface area (Å²) in [6.45, 7) is 3.44. The van der Waals surface area contributed by atoms with Crippen molar-refractivity contribution < 1.29 is 14.3 Å². The van der Waals surface area contributed by atoms with Crippen LogP contribution in [0.3, 0.4) is 0 Å². The minimum atomic E-state index is -0.491. The van der Waals surface area contributed by atoms with Gasteiger partial charge in [-0.3, -0.25) is 4.79 Å². The molecule has 0 spiro atoms. The molecule has 0 aromatic heterocycles. The summed E-state index contributed by atoms with van der Waals surface area (Å²) in [5.74, 6) is 1.35. The second-order valence-corrected chi connectivity index (χ2v) is 6.09. The molecule has 1 N–H and O–H groups in total. The average Bonchev–Trinajstić information content (AvgIpc) is 2.70. The molecule has 1 atom stereocenters. The minimum Gasteiger partial charge on any atom is -0.497 e. The summed E-state index contributed by atoms with van der Waals surface area (Å²) in [5, 5.41) is 2.97. The molecule has 5 heteroatoms. The van der Waals surface area contributed by atoms with E-state index in [2.05, 4.69) is 29.4 Å². The first-order valence-electron chi connectivity index (χ1n) is 8.98. The highest BCUT2D eigenvalue weighted by Gasteiger charge is 2.17. The van der Waals surface area contributed by atoms with Crippen LogP contribution in [-0.4, -0.2) is 39.3 Å². The predicted molar refractivity (Wildman–Crippen MR) is 105 cm³/mol. The lowest BCUT2D eigenvalue weighted by Gasteiger charge is -2.20. The van der Waals surface area contributed by atoms with Gasteiger partial charge in [0.05, 0.1) is 7.11 Å². The third-order valence-electron chi connectivity index (χ3n) is 4.17. The van der Waals surface area contributed by atoms with Crippen LogP contribution >= 0.6 is 0 Å². The summed E-state index contributed by atoms with van der Waals surface area (Å²) in [6.07, 6.45) is 0.994. The lowest BCUT2D eigenvalue weighted by Crippen LogP contribution is -2.39. The van der Waals surface area contributed by atoms with Crippen LogP contribution < -0.4 is 19.7 Å². The molecule has 0 aliphatic carbocycles. The van der Waals surface area contributed by atoms with E-state index in [9.17, 15) is 4.79 Å². The molecule has 0 fully saturated rings. The quantitative estimate of drug-likeness (QED) is 0.662. The van der Waals surface area contributed by atoms with Crippen LogP contribution in [0.1, 0.15) is 19.8 Å². The van der Waals surface area contributed by atoms with Crippen LogP contribution in [0, 0.1) is 0 Å². The van der Waals surface area contributed by atoms with Crippen LogP contribution in [-0.2, 0) is 4.79 Å². The van der Waals surface area contributed by atoms with E-state index >= 15 is 0 Å². The molecule has 2 aromatic carbocycles. The van der Waals surface area contributed by atoms with Crippen molar-refractivity contribution in [2.24, 2.45) is 0 Å². The van der Waals surface area contributed by atoms with E-state index in [0.29, 0.717) is 18.7 Å². The molecular weight excluding hydrogens is 328 g/mol. The molecule has 0 aliphatic rings. The summed E-state index contributed by atoms with van der Waals surface area (Å²) in [6, 6.07) is 17.5.